The molecule has 1 aromatic carbocycles. The Balaban J connectivity index is 1.54. The fourth-order valence-electron chi connectivity index (χ4n) is 3.10. The Labute approximate surface area is 157 Å². The quantitative estimate of drug-likeness (QED) is 0.628. The summed E-state index contributed by atoms with van der Waals surface area (Å²) in [5.41, 5.74) is 3.99. The Kier molecular flexibility index (Phi) is 4.73. The number of aromatic nitrogens is 3. The lowest BCUT2D eigenvalue weighted by Crippen LogP contribution is -2.30. The van der Waals surface area contributed by atoms with Crippen LogP contribution in [0.15, 0.2) is 48.8 Å². The summed E-state index contributed by atoms with van der Waals surface area (Å²) >= 11 is 0. The molecule has 1 fully saturated rings. The number of carbonyl (C=O) groups excluding carboxylic acids is 1. The number of H-pyrrole nitrogens is 1. The van der Waals surface area contributed by atoms with E-state index in [1.165, 1.54) is 0 Å². The summed E-state index contributed by atoms with van der Waals surface area (Å²) in [6.07, 6.45) is 5.92. The summed E-state index contributed by atoms with van der Waals surface area (Å²) in [4.78, 5) is 24.8. The highest BCUT2D eigenvalue weighted by molar-refractivity contribution is 5.94. The second-order valence-electron chi connectivity index (χ2n) is 6.96. The third-order valence-electron chi connectivity index (χ3n) is 4.82. The van der Waals surface area contributed by atoms with Crippen molar-refractivity contribution in [3.63, 3.8) is 0 Å². The van der Waals surface area contributed by atoms with E-state index in [1.807, 2.05) is 43.5 Å². The zero-order chi connectivity index (χ0) is 18.8. The molecule has 0 radical (unpaired) electrons. The number of aliphatic hydroxyl groups excluding tert-OH is 1. The molecule has 1 atom stereocenters. The van der Waals surface area contributed by atoms with Crippen LogP contribution < -0.4 is 5.32 Å². The molecular weight excluding hydrogens is 340 g/mol. The van der Waals surface area contributed by atoms with E-state index in [4.69, 9.17) is 4.98 Å². The molecule has 3 N–H and O–H groups in total. The molecule has 1 saturated carbocycles. The summed E-state index contributed by atoms with van der Waals surface area (Å²) < 4.78 is 0. The first-order valence-corrected chi connectivity index (χ1v) is 9.14. The first kappa shape index (κ1) is 17.4. The van der Waals surface area contributed by atoms with Crippen LogP contribution in [-0.2, 0) is 0 Å². The summed E-state index contributed by atoms with van der Waals surface area (Å²) in [6, 6.07) is 10.8. The van der Waals surface area contributed by atoms with Crippen LogP contribution in [0.25, 0.3) is 11.3 Å². The molecule has 0 unspecified atom stereocenters. The third kappa shape index (κ3) is 3.75. The number of aromatic amines is 1. The van der Waals surface area contributed by atoms with Crippen molar-refractivity contribution in [1.29, 1.82) is 0 Å². The summed E-state index contributed by atoms with van der Waals surface area (Å²) in [7, 11) is 0. The second-order valence-corrected chi connectivity index (χ2v) is 6.96. The highest BCUT2D eigenvalue weighted by atomic mass is 16.3. The zero-order valence-corrected chi connectivity index (χ0v) is 15.1. The van der Waals surface area contributed by atoms with E-state index in [9.17, 15) is 9.90 Å². The minimum atomic E-state index is -0.451. The molecule has 138 valence electrons. The van der Waals surface area contributed by atoms with Crippen LogP contribution in [0.1, 0.15) is 52.2 Å². The topological polar surface area (TPSA) is 90.9 Å². The van der Waals surface area contributed by atoms with Gasteiger partial charge in [-0.15, -0.1) is 0 Å². The van der Waals surface area contributed by atoms with E-state index < -0.39 is 6.04 Å². The van der Waals surface area contributed by atoms with Crippen molar-refractivity contribution < 1.29 is 9.90 Å². The van der Waals surface area contributed by atoms with Crippen molar-refractivity contribution in [2.75, 3.05) is 6.61 Å². The van der Waals surface area contributed by atoms with Crippen molar-refractivity contribution in [2.24, 2.45) is 0 Å². The molecular formula is C21H22N4O2. The molecule has 1 aliphatic carbocycles. The Morgan fingerprint density at radius 2 is 2.11 bits per heavy atom. The molecule has 4 rings (SSSR count). The summed E-state index contributed by atoms with van der Waals surface area (Å²) in [5, 5.41) is 12.5. The number of aliphatic hydroxyl groups is 1. The van der Waals surface area contributed by atoms with Crippen LogP contribution in [0.5, 0.6) is 0 Å². The zero-order valence-electron chi connectivity index (χ0n) is 15.1. The molecule has 2 heterocycles. The maximum Gasteiger partial charge on any atom is 0.268 e. The van der Waals surface area contributed by atoms with Crippen molar-refractivity contribution in [2.45, 2.75) is 31.7 Å². The van der Waals surface area contributed by atoms with E-state index >= 15 is 0 Å². The number of hydrogen-bond acceptors (Lipinski definition) is 4. The predicted molar refractivity (Wildman–Crippen MR) is 102 cm³/mol. The van der Waals surface area contributed by atoms with Crippen molar-refractivity contribution in [3.05, 3.63) is 71.4 Å². The van der Waals surface area contributed by atoms with Crippen molar-refractivity contribution in [1.82, 2.24) is 20.3 Å². The number of hydrogen-bond donors (Lipinski definition) is 3. The van der Waals surface area contributed by atoms with Crippen molar-refractivity contribution >= 4 is 5.91 Å². The minimum absolute atomic E-state index is 0.168. The molecule has 1 aliphatic rings. The number of rotatable bonds is 6. The smallest absolute Gasteiger partial charge is 0.268 e. The number of benzene rings is 1. The molecule has 0 saturated heterocycles. The number of amides is 1. The molecule has 3 aromatic rings. The van der Waals surface area contributed by atoms with Crippen LogP contribution in [0, 0.1) is 6.92 Å². The molecule has 0 bridgehead atoms. The first-order chi connectivity index (χ1) is 13.2. The Hall–Kier alpha value is -2.99. The first-order valence-electron chi connectivity index (χ1n) is 9.14. The van der Waals surface area contributed by atoms with Gasteiger partial charge in [0.1, 0.15) is 11.5 Å². The van der Waals surface area contributed by atoms with Gasteiger partial charge >= 0.3 is 0 Å². The van der Waals surface area contributed by atoms with Crippen LogP contribution in [0.4, 0.5) is 0 Å². The molecule has 2 aromatic heterocycles. The lowest BCUT2D eigenvalue weighted by atomic mass is 10.1. The average Bonchev–Trinajstić information content (AvgIpc) is 3.43. The van der Waals surface area contributed by atoms with E-state index in [1.54, 1.807) is 12.3 Å². The number of aryl methyl sites for hydroxylation is 1. The minimum Gasteiger partial charge on any atom is -0.394 e. The Morgan fingerprint density at radius 1 is 1.33 bits per heavy atom. The van der Waals surface area contributed by atoms with Gasteiger partial charge in [-0.3, -0.25) is 4.79 Å². The highest BCUT2D eigenvalue weighted by Crippen LogP contribution is 2.38. The third-order valence-corrected chi connectivity index (χ3v) is 4.82. The van der Waals surface area contributed by atoms with Gasteiger partial charge in [0.25, 0.3) is 5.91 Å². The fourth-order valence-corrected chi connectivity index (χ4v) is 3.10. The predicted octanol–water partition coefficient (Wildman–Crippen LogP) is 3.12. The van der Waals surface area contributed by atoms with E-state index in [0.29, 0.717) is 11.6 Å². The van der Waals surface area contributed by atoms with Gasteiger partial charge in [0, 0.05) is 23.9 Å². The van der Waals surface area contributed by atoms with Gasteiger partial charge in [0.2, 0.25) is 0 Å². The summed E-state index contributed by atoms with van der Waals surface area (Å²) in [5.74, 6) is 1.09. The van der Waals surface area contributed by atoms with E-state index in [0.717, 1.165) is 41.1 Å². The Morgan fingerprint density at radius 3 is 2.81 bits per heavy atom. The van der Waals surface area contributed by atoms with Crippen LogP contribution in [0.3, 0.4) is 0 Å². The number of nitrogens with zero attached hydrogens (tertiary/aromatic N) is 2. The lowest BCUT2D eigenvalue weighted by molar-refractivity contribution is 0.0912. The van der Waals surface area contributed by atoms with E-state index in [2.05, 4.69) is 15.3 Å². The molecule has 27 heavy (non-hydrogen) atoms. The summed E-state index contributed by atoms with van der Waals surface area (Å²) in [6.45, 7) is 1.80. The van der Waals surface area contributed by atoms with Gasteiger partial charge in [0.15, 0.2) is 0 Å². The standard InChI is InChI=1S/C21H22N4O2/c1-13-10-23-20(15-7-8-15)25-19(13)16-9-17(22-11-16)21(27)24-18(12-26)14-5-3-2-4-6-14/h2-6,9-11,15,18,22,26H,7-8,12H2,1H3,(H,24,27)/t18-/m1/s1. The number of nitrogens with one attached hydrogen (secondary N) is 2. The van der Waals surface area contributed by atoms with Gasteiger partial charge in [-0.2, -0.15) is 0 Å². The molecule has 0 aliphatic heterocycles. The van der Waals surface area contributed by atoms with Crippen LogP contribution in [-0.4, -0.2) is 32.6 Å². The van der Waals surface area contributed by atoms with Gasteiger partial charge < -0.3 is 15.4 Å². The van der Waals surface area contributed by atoms with Crippen molar-refractivity contribution in [3.8, 4) is 11.3 Å². The maximum absolute atomic E-state index is 12.6. The lowest BCUT2D eigenvalue weighted by Gasteiger charge is -2.16. The Bertz CT molecular complexity index is 948. The largest absolute Gasteiger partial charge is 0.394 e. The normalized spacial score (nSPS) is 14.7. The molecule has 6 heteroatoms. The van der Waals surface area contributed by atoms with Gasteiger partial charge in [-0.1, -0.05) is 30.3 Å². The maximum atomic E-state index is 12.6. The van der Waals surface area contributed by atoms with Gasteiger partial charge in [0.05, 0.1) is 18.3 Å². The highest BCUT2D eigenvalue weighted by Gasteiger charge is 2.27. The monoisotopic (exact) mass is 362 g/mol. The van der Waals surface area contributed by atoms with Crippen LogP contribution >= 0.6 is 0 Å². The molecule has 1 amide bonds. The van der Waals surface area contributed by atoms with Gasteiger partial charge in [-0.05, 0) is 37.0 Å². The van der Waals surface area contributed by atoms with Gasteiger partial charge in [-0.25, -0.2) is 9.97 Å². The SMILES string of the molecule is Cc1cnc(C2CC2)nc1-c1c[nH]c(C(=O)N[C@H](CO)c2ccccc2)c1. The fraction of sp³-hybridized carbons (Fsp3) is 0.286. The average molecular weight is 362 g/mol. The molecule has 6 nitrogen and oxygen atoms in total. The number of carbonyl (C=O) groups is 1. The van der Waals surface area contributed by atoms with E-state index in [-0.39, 0.29) is 12.5 Å². The molecule has 0 spiro atoms. The second kappa shape index (κ2) is 7.32. The van der Waals surface area contributed by atoms with Crippen LogP contribution in [0.2, 0.25) is 0 Å².